The van der Waals surface area contributed by atoms with Gasteiger partial charge in [0.05, 0.1) is 25.4 Å². The Kier molecular flexibility index (Phi) is 5.48. The van der Waals surface area contributed by atoms with Crippen LogP contribution < -0.4 is 14.8 Å². The van der Waals surface area contributed by atoms with Crippen LogP contribution in [0.25, 0.3) is 0 Å². The van der Waals surface area contributed by atoms with Crippen molar-refractivity contribution in [2.24, 2.45) is 0 Å². The summed E-state index contributed by atoms with van der Waals surface area (Å²) in [7, 11) is 0. The average Bonchev–Trinajstić information content (AvgIpc) is 2.99. The number of ether oxygens (including phenoxy) is 2. The maximum atomic E-state index is 14.0. The maximum Gasteiger partial charge on any atom is 0.238 e. The highest BCUT2D eigenvalue weighted by molar-refractivity contribution is 5.92. The summed E-state index contributed by atoms with van der Waals surface area (Å²) in [6, 6.07) is 11.0. The van der Waals surface area contributed by atoms with Crippen LogP contribution in [0.2, 0.25) is 0 Å². The molecule has 0 bridgehead atoms. The number of carbonyl (C=O) groups excluding carboxylic acids is 1. The number of rotatable bonds is 4. The van der Waals surface area contributed by atoms with E-state index < -0.39 is 5.82 Å². The molecule has 1 N–H and O–H groups in total. The highest BCUT2D eigenvalue weighted by atomic mass is 19.1. The third-order valence-corrected chi connectivity index (χ3v) is 5.27. The lowest BCUT2D eigenvalue weighted by Gasteiger charge is -2.25. The standard InChI is InChI=1S/C22H25FN2O3/c1-15-5-7-18(17(23)12-15)24-22(26)14-25-9-2-4-19(25)16-6-8-20-21(13-16)28-11-3-10-27-20/h5-8,12-13,19H,2-4,9-11,14H2,1H3,(H,24,26)/t19-/m1/s1. The summed E-state index contributed by atoms with van der Waals surface area (Å²) >= 11 is 0. The molecule has 0 saturated carbocycles. The minimum Gasteiger partial charge on any atom is -0.490 e. The van der Waals surface area contributed by atoms with Gasteiger partial charge in [-0.2, -0.15) is 0 Å². The Labute approximate surface area is 164 Å². The molecule has 5 nitrogen and oxygen atoms in total. The van der Waals surface area contributed by atoms with Gasteiger partial charge in [0.1, 0.15) is 5.82 Å². The third-order valence-electron chi connectivity index (χ3n) is 5.27. The van der Waals surface area contributed by atoms with Crippen LogP contribution in [0.15, 0.2) is 36.4 Å². The molecular formula is C22H25FN2O3. The van der Waals surface area contributed by atoms with Crippen LogP contribution in [0.3, 0.4) is 0 Å². The zero-order valence-corrected chi connectivity index (χ0v) is 16.0. The van der Waals surface area contributed by atoms with Crippen LogP contribution in [0.4, 0.5) is 10.1 Å². The van der Waals surface area contributed by atoms with Gasteiger partial charge in [-0.1, -0.05) is 12.1 Å². The second-order valence-electron chi connectivity index (χ2n) is 7.42. The predicted molar refractivity (Wildman–Crippen MR) is 105 cm³/mol. The second kappa shape index (κ2) is 8.19. The summed E-state index contributed by atoms with van der Waals surface area (Å²) in [6.07, 6.45) is 2.87. The molecule has 1 fully saturated rings. The van der Waals surface area contributed by atoms with Crippen molar-refractivity contribution in [2.45, 2.75) is 32.2 Å². The molecular weight excluding hydrogens is 359 g/mol. The number of nitrogens with one attached hydrogen (secondary N) is 1. The van der Waals surface area contributed by atoms with Crippen LogP contribution in [0, 0.1) is 12.7 Å². The summed E-state index contributed by atoms with van der Waals surface area (Å²) in [4.78, 5) is 14.6. The second-order valence-corrected chi connectivity index (χ2v) is 7.42. The molecule has 2 aliphatic rings. The molecule has 6 heteroatoms. The van der Waals surface area contributed by atoms with E-state index >= 15 is 0 Å². The van der Waals surface area contributed by atoms with E-state index in [0.717, 1.165) is 48.4 Å². The lowest BCUT2D eigenvalue weighted by atomic mass is 10.0. The Morgan fingerprint density at radius 1 is 1.14 bits per heavy atom. The summed E-state index contributed by atoms with van der Waals surface area (Å²) in [5, 5.41) is 2.69. The summed E-state index contributed by atoms with van der Waals surface area (Å²) in [5.41, 5.74) is 2.17. The molecule has 2 aliphatic heterocycles. The molecule has 0 aliphatic carbocycles. The minimum atomic E-state index is -0.408. The van der Waals surface area contributed by atoms with Gasteiger partial charge in [0.2, 0.25) is 5.91 Å². The molecule has 28 heavy (non-hydrogen) atoms. The smallest absolute Gasteiger partial charge is 0.238 e. The van der Waals surface area contributed by atoms with E-state index in [1.54, 1.807) is 12.1 Å². The number of nitrogens with zero attached hydrogens (tertiary/aromatic N) is 1. The number of anilines is 1. The molecule has 0 radical (unpaired) electrons. The number of fused-ring (bicyclic) bond motifs is 1. The summed E-state index contributed by atoms with van der Waals surface area (Å²) in [6.45, 7) is 4.20. The third kappa shape index (κ3) is 4.12. The van der Waals surface area contributed by atoms with Gasteiger partial charge < -0.3 is 14.8 Å². The highest BCUT2D eigenvalue weighted by Gasteiger charge is 2.28. The first-order valence-corrected chi connectivity index (χ1v) is 9.80. The number of hydrogen-bond acceptors (Lipinski definition) is 4. The molecule has 2 heterocycles. The SMILES string of the molecule is Cc1ccc(NC(=O)CN2CCC[C@@H]2c2ccc3c(c2)OCCCO3)c(F)c1. The number of halogens is 1. The van der Waals surface area contributed by atoms with Gasteiger partial charge in [-0.15, -0.1) is 0 Å². The fourth-order valence-electron chi connectivity index (χ4n) is 3.88. The van der Waals surface area contributed by atoms with Gasteiger partial charge in [-0.05, 0) is 61.7 Å². The number of hydrogen-bond donors (Lipinski definition) is 1. The first-order valence-electron chi connectivity index (χ1n) is 9.80. The van der Waals surface area contributed by atoms with Crippen molar-refractivity contribution in [3.05, 3.63) is 53.3 Å². The normalized spacial score (nSPS) is 19.3. The van der Waals surface area contributed by atoms with E-state index in [1.165, 1.54) is 6.07 Å². The Morgan fingerprint density at radius 2 is 1.96 bits per heavy atom. The van der Waals surface area contributed by atoms with E-state index in [-0.39, 0.29) is 24.2 Å². The van der Waals surface area contributed by atoms with E-state index in [0.29, 0.717) is 13.2 Å². The van der Waals surface area contributed by atoms with Gasteiger partial charge in [-0.25, -0.2) is 4.39 Å². The molecule has 2 aromatic rings. The van der Waals surface area contributed by atoms with E-state index in [9.17, 15) is 9.18 Å². The van der Waals surface area contributed by atoms with Crippen molar-refractivity contribution in [3.8, 4) is 11.5 Å². The van der Waals surface area contributed by atoms with Gasteiger partial charge in [0, 0.05) is 12.5 Å². The molecule has 1 atom stereocenters. The van der Waals surface area contributed by atoms with E-state index in [2.05, 4.69) is 10.2 Å². The van der Waals surface area contributed by atoms with Crippen LogP contribution >= 0.6 is 0 Å². The molecule has 0 aromatic heterocycles. The molecule has 1 saturated heterocycles. The molecule has 0 spiro atoms. The summed E-state index contributed by atoms with van der Waals surface area (Å²) < 4.78 is 25.5. The van der Waals surface area contributed by atoms with E-state index in [4.69, 9.17) is 9.47 Å². The maximum absolute atomic E-state index is 14.0. The first kappa shape index (κ1) is 18.7. The van der Waals surface area contributed by atoms with Crippen LogP contribution in [-0.2, 0) is 4.79 Å². The van der Waals surface area contributed by atoms with Gasteiger partial charge in [0.15, 0.2) is 11.5 Å². The zero-order valence-electron chi connectivity index (χ0n) is 16.0. The van der Waals surface area contributed by atoms with Crippen molar-refractivity contribution in [1.82, 2.24) is 4.90 Å². The number of likely N-dealkylation sites (tertiary alicyclic amines) is 1. The van der Waals surface area contributed by atoms with Gasteiger partial charge in [-0.3, -0.25) is 9.69 Å². The fourth-order valence-corrected chi connectivity index (χ4v) is 3.88. The number of benzene rings is 2. The van der Waals surface area contributed by atoms with Crippen molar-refractivity contribution in [3.63, 3.8) is 0 Å². The van der Waals surface area contributed by atoms with Crippen molar-refractivity contribution < 1.29 is 18.7 Å². The Bertz CT molecular complexity index is 871. The first-order chi connectivity index (χ1) is 13.6. The molecule has 2 aromatic carbocycles. The van der Waals surface area contributed by atoms with Gasteiger partial charge >= 0.3 is 0 Å². The molecule has 1 amide bonds. The van der Waals surface area contributed by atoms with Gasteiger partial charge in [0.25, 0.3) is 0 Å². The number of amides is 1. The quantitative estimate of drug-likeness (QED) is 0.863. The van der Waals surface area contributed by atoms with Crippen molar-refractivity contribution >= 4 is 11.6 Å². The average molecular weight is 384 g/mol. The zero-order chi connectivity index (χ0) is 19.5. The Hall–Kier alpha value is -2.60. The highest BCUT2D eigenvalue weighted by Crippen LogP contribution is 2.37. The lowest BCUT2D eigenvalue weighted by Crippen LogP contribution is -2.33. The molecule has 148 valence electrons. The fraction of sp³-hybridized carbons (Fsp3) is 0.409. The molecule has 4 rings (SSSR count). The topological polar surface area (TPSA) is 50.8 Å². The molecule has 0 unspecified atom stereocenters. The van der Waals surface area contributed by atoms with Crippen LogP contribution in [0.1, 0.15) is 36.4 Å². The summed E-state index contributed by atoms with van der Waals surface area (Å²) in [5.74, 6) is 0.935. The number of carbonyl (C=O) groups is 1. The van der Waals surface area contributed by atoms with Crippen molar-refractivity contribution in [1.29, 1.82) is 0 Å². The Balaban J connectivity index is 1.45. The Morgan fingerprint density at radius 3 is 2.79 bits per heavy atom. The number of aryl methyl sites for hydroxylation is 1. The largest absolute Gasteiger partial charge is 0.490 e. The minimum absolute atomic E-state index is 0.144. The van der Waals surface area contributed by atoms with Crippen molar-refractivity contribution in [2.75, 3.05) is 31.6 Å². The van der Waals surface area contributed by atoms with Crippen LogP contribution in [-0.4, -0.2) is 37.1 Å². The predicted octanol–water partition coefficient (Wildman–Crippen LogP) is 4.07. The lowest BCUT2D eigenvalue weighted by molar-refractivity contribution is -0.117. The van der Waals surface area contributed by atoms with Crippen LogP contribution in [0.5, 0.6) is 11.5 Å². The van der Waals surface area contributed by atoms with E-state index in [1.807, 2.05) is 25.1 Å². The monoisotopic (exact) mass is 384 g/mol.